The van der Waals surface area contributed by atoms with Crippen LogP contribution >= 0.6 is 11.3 Å². The van der Waals surface area contributed by atoms with Gasteiger partial charge in [0, 0.05) is 0 Å². The normalized spacial score (nSPS) is 10.1. The van der Waals surface area contributed by atoms with Crippen LogP contribution in [0, 0.1) is 0 Å². The molecule has 4 heteroatoms. The van der Waals surface area contributed by atoms with E-state index >= 15 is 0 Å². The molecule has 0 N–H and O–H groups in total. The molecule has 1 heterocycles. The van der Waals surface area contributed by atoms with Crippen molar-refractivity contribution in [1.82, 2.24) is 0 Å². The van der Waals surface area contributed by atoms with E-state index in [-0.39, 0.29) is 0 Å². The van der Waals surface area contributed by atoms with Gasteiger partial charge in [0.25, 0.3) is 0 Å². The third kappa shape index (κ3) is 1.48. The number of rotatable bonds is 1. The predicted octanol–water partition coefficient (Wildman–Crippen LogP) is 1.38. The Morgan fingerprint density at radius 1 is 1.50 bits per heavy atom. The van der Waals surface area contributed by atoms with Crippen molar-refractivity contribution in [3.63, 3.8) is 0 Å². The van der Waals surface area contributed by atoms with Crippen LogP contribution in [0.3, 0.4) is 0 Å². The van der Waals surface area contributed by atoms with Gasteiger partial charge in [-0.05, 0) is 33.8 Å². The molecule has 0 aliphatic heterocycles. The summed E-state index contributed by atoms with van der Waals surface area (Å²) in [5.74, 6) is 0. The minimum atomic E-state index is -0.673. The molecule has 1 rings (SSSR count). The minimum Gasteiger partial charge on any atom is -0.137 e. The zero-order chi connectivity index (χ0) is 5.98. The van der Waals surface area contributed by atoms with Gasteiger partial charge in [-0.2, -0.15) is 0 Å². The summed E-state index contributed by atoms with van der Waals surface area (Å²) < 4.78 is 1.17. The maximum absolute atomic E-state index is 4.89. The summed E-state index contributed by atoms with van der Waals surface area (Å²) in [7, 11) is -0.673. The summed E-state index contributed by atoms with van der Waals surface area (Å²) in [6.07, 6.45) is 0. The smallest absolute Gasteiger partial charge is 0.0654 e. The first kappa shape index (κ1) is 6.61. The molecule has 8 heavy (non-hydrogen) atoms. The lowest BCUT2D eigenvalue weighted by atomic mass is 10.7. The van der Waals surface area contributed by atoms with Gasteiger partial charge in [-0.15, -0.1) is 11.3 Å². The molecule has 0 nitrogen and oxygen atoms in total. The molecule has 44 valence electrons. The van der Waals surface area contributed by atoms with Gasteiger partial charge in [0.15, 0.2) is 0 Å². The average molecular weight is 180 g/mol. The van der Waals surface area contributed by atoms with E-state index in [1.165, 1.54) is 4.21 Å². The van der Waals surface area contributed by atoms with E-state index in [0.717, 1.165) is 0 Å². The van der Waals surface area contributed by atoms with Crippen LogP contribution in [0.5, 0.6) is 0 Å². The third-order valence-electron chi connectivity index (χ3n) is 0.686. The van der Waals surface area contributed by atoms with Crippen LogP contribution in [0.15, 0.2) is 21.7 Å². The quantitative estimate of drug-likeness (QED) is 0.649. The molecule has 0 fully saturated rings. The molecule has 1 aromatic heterocycles. The van der Waals surface area contributed by atoms with Crippen molar-refractivity contribution in [3.05, 3.63) is 17.5 Å². The molecule has 0 atom stereocenters. The van der Waals surface area contributed by atoms with Crippen LogP contribution in [0.4, 0.5) is 0 Å². The SMILES string of the molecule is S=[SH](=S)c1cccs1. The van der Waals surface area contributed by atoms with Gasteiger partial charge in [0.05, 0.1) is 4.21 Å². The summed E-state index contributed by atoms with van der Waals surface area (Å²) in [5.41, 5.74) is 0. The fourth-order valence-electron chi connectivity index (χ4n) is 0.374. The zero-order valence-electron chi connectivity index (χ0n) is 3.90. The van der Waals surface area contributed by atoms with Gasteiger partial charge in [-0.3, -0.25) is 0 Å². The Hall–Kier alpha value is 0.490. The summed E-state index contributed by atoms with van der Waals surface area (Å²) in [6.45, 7) is 0. The van der Waals surface area contributed by atoms with Crippen molar-refractivity contribution < 1.29 is 0 Å². The van der Waals surface area contributed by atoms with Crippen LogP contribution in [0.2, 0.25) is 0 Å². The van der Waals surface area contributed by atoms with Crippen LogP contribution < -0.4 is 0 Å². The Bertz CT molecular complexity index is 210. The minimum absolute atomic E-state index is 0.673. The molecule has 0 spiro atoms. The Morgan fingerprint density at radius 3 is 2.50 bits per heavy atom. The number of thiophene rings is 1. The Morgan fingerprint density at radius 2 is 2.25 bits per heavy atom. The van der Waals surface area contributed by atoms with E-state index in [2.05, 4.69) is 0 Å². The monoisotopic (exact) mass is 180 g/mol. The molecule has 0 radical (unpaired) electrons. The van der Waals surface area contributed by atoms with Crippen LogP contribution in [0.1, 0.15) is 0 Å². The molecule has 0 aromatic carbocycles. The van der Waals surface area contributed by atoms with Crippen molar-refractivity contribution in [2.75, 3.05) is 0 Å². The largest absolute Gasteiger partial charge is 0.137 e. The highest BCUT2D eigenvalue weighted by molar-refractivity contribution is 8.47. The van der Waals surface area contributed by atoms with Gasteiger partial charge < -0.3 is 0 Å². The second kappa shape index (κ2) is 2.87. The number of thiol groups is 1. The second-order valence-electron chi connectivity index (χ2n) is 1.21. The molecule has 0 saturated carbocycles. The van der Waals surface area contributed by atoms with Crippen molar-refractivity contribution in [2.45, 2.75) is 4.21 Å². The molecule has 0 aliphatic rings. The van der Waals surface area contributed by atoms with E-state index in [0.29, 0.717) is 0 Å². The lowest BCUT2D eigenvalue weighted by Crippen LogP contribution is -1.61. The Balaban J connectivity index is 3.11. The maximum atomic E-state index is 4.89. The molecular weight excluding hydrogens is 176 g/mol. The van der Waals surface area contributed by atoms with E-state index in [1.54, 1.807) is 11.3 Å². The predicted molar refractivity (Wildman–Crippen MR) is 46.1 cm³/mol. The molecule has 1 aromatic rings. The fourth-order valence-corrected chi connectivity index (χ4v) is 2.70. The van der Waals surface area contributed by atoms with Gasteiger partial charge >= 0.3 is 0 Å². The van der Waals surface area contributed by atoms with Crippen molar-refractivity contribution in [2.24, 2.45) is 0 Å². The van der Waals surface area contributed by atoms with Gasteiger partial charge in [-0.25, -0.2) is 0 Å². The van der Waals surface area contributed by atoms with E-state index in [4.69, 9.17) is 22.4 Å². The first-order valence-corrected chi connectivity index (χ1v) is 6.23. The van der Waals surface area contributed by atoms with Gasteiger partial charge in [0.1, 0.15) is 0 Å². The van der Waals surface area contributed by atoms with E-state index < -0.39 is 8.01 Å². The fraction of sp³-hybridized carbons (Fsp3) is 0. The van der Waals surface area contributed by atoms with Crippen LogP contribution in [-0.2, 0) is 30.4 Å². The lowest BCUT2D eigenvalue weighted by Gasteiger charge is -1.77. The molecule has 0 saturated heterocycles. The van der Waals surface area contributed by atoms with Gasteiger partial charge in [0.2, 0.25) is 0 Å². The average Bonchev–Trinajstić information content (AvgIpc) is 2.12. The topological polar surface area (TPSA) is 0 Å². The summed E-state index contributed by atoms with van der Waals surface area (Å²) in [4.78, 5) is 0. The summed E-state index contributed by atoms with van der Waals surface area (Å²) in [5, 5.41) is 2.00. The highest BCUT2D eigenvalue weighted by atomic mass is 33.1. The molecule has 0 aliphatic carbocycles. The molecule has 0 bridgehead atoms. The molecular formula is C4H4S4. The second-order valence-corrected chi connectivity index (χ2v) is 6.34. The standard InChI is InChI=1S/C4H4S4/c5-8(6)4-2-1-3-7-4/h1-3,8H. The van der Waals surface area contributed by atoms with Crippen molar-refractivity contribution in [3.8, 4) is 0 Å². The lowest BCUT2D eigenvalue weighted by molar-refractivity contribution is 1.76. The third-order valence-corrected chi connectivity index (χ3v) is 4.60. The first-order chi connectivity index (χ1) is 3.80. The van der Waals surface area contributed by atoms with Crippen molar-refractivity contribution in [1.29, 1.82) is 0 Å². The van der Waals surface area contributed by atoms with E-state index in [9.17, 15) is 0 Å². The van der Waals surface area contributed by atoms with Gasteiger partial charge in [-0.1, -0.05) is 14.1 Å². The van der Waals surface area contributed by atoms with E-state index in [1.807, 2.05) is 17.5 Å². The summed E-state index contributed by atoms with van der Waals surface area (Å²) >= 11 is 11.4. The van der Waals surface area contributed by atoms with Crippen molar-refractivity contribution >= 4 is 41.7 Å². The summed E-state index contributed by atoms with van der Waals surface area (Å²) in [6, 6.07) is 3.98. The maximum Gasteiger partial charge on any atom is 0.0654 e. The molecule has 0 unspecified atom stereocenters. The Labute approximate surface area is 63.4 Å². The first-order valence-electron chi connectivity index (χ1n) is 1.98. The van der Waals surface area contributed by atoms with Crippen LogP contribution in [-0.4, -0.2) is 0 Å². The molecule has 0 amide bonds. The Kier molecular flexibility index (Phi) is 2.37. The number of hydrogen-bond donors (Lipinski definition) is 1. The highest BCUT2D eigenvalue weighted by Crippen LogP contribution is 2.09. The zero-order valence-corrected chi connectivity index (χ0v) is 7.25. The number of hydrogen-bond acceptors (Lipinski definition) is 3. The van der Waals surface area contributed by atoms with Crippen LogP contribution in [0.25, 0.3) is 0 Å². The highest BCUT2D eigenvalue weighted by Gasteiger charge is 1.84.